The molecular formula is C16H12ClF3N2O3. The fourth-order valence-electron chi connectivity index (χ4n) is 1.80. The monoisotopic (exact) mass is 372 g/mol. The molecule has 2 aromatic rings. The van der Waals surface area contributed by atoms with Gasteiger partial charge < -0.3 is 10.1 Å². The van der Waals surface area contributed by atoms with Gasteiger partial charge in [0, 0.05) is 11.9 Å². The fourth-order valence-corrected chi connectivity index (χ4v) is 1.91. The van der Waals surface area contributed by atoms with E-state index in [9.17, 15) is 22.8 Å². The van der Waals surface area contributed by atoms with E-state index >= 15 is 0 Å². The Labute approximate surface area is 145 Å². The van der Waals surface area contributed by atoms with E-state index in [1.807, 2.05) is 0 Å². The van der Waals surface area contributed by atoms with E-state index in [-0.39, 0.29) is 16.4 Å². The standard InChI is InChI=1S/C16H12ClF3N2O3/c1-9(25-15(24)10-5-6-13(17)21-8-10)14(23)22-12-4-2-3-11(7-12)16(18,19)20/h2-9H,1H3,(H,22,23). The molecule has 1 atom stereocenters. The van der Waals surface area contributed by atoms with Crippen molar-refractivity contribution >= 4 is 29.2 Å². The minimum absolute atomic E-state index is 0.0594. The van der Waals surface area contributed by atoms with Gasteiger partial charge in [0.25, 0.3) is 5.91 Å². The van der Waals surface area contributed by atoms with Crippen LogP contribution in [-0.4, -0.2) is 23.0 Å². The van der Waals surface area contributed by atoms with Crippen LogP contribution in [0.15, 0.2) is 42.6 Å². The van der Waals surface area contributed by atoms with Crippen LogP contribution in [0.1, 0.15) is 22.8 Å². The predicted octanol–water partition coefficient (Wildman–Crippen LogP) is 3.94. The van der Waals surface area contributed by atoms with Gasteiger partial charge in [-0.3, -0.25) is 4.79 Å². The van der Waals surface area contributed by atoms with Crippen molar-refractivity contribution in [3.63, 3.8) is 0 Å². The highest BCUT2D eigenvalue weighted by molar-refractivity contribution is 6.29. The summed E-state index contributed by atoms with van der Waals surface area (Å²) in [6.45, 7) is 1.30. The summed E-state index contributed by atoms with van der Waals surface area (Å²) >= 11 is 5.60. The van der Waals surface area contributed by atoms with Crippen molar-refractivity contribution in [1.82, 2.24) is 4.98 Å². The van der Waals surface area contributed by atoms with Crippen LogP contribution >= 0.6 is 11.6 Å². The smallest absolute Gasteiger partial charge is 0.416 e. The van der Waals surface area contributed by atoms with E-state index in [0.29, 0.717) is 0 Å². The predicted molar refractivity (Wildman–Crippen MR) is 84.2 cm³/mol. The first-order valence-corrected chi connectivity index (χ1v) is 7.35. The number of nitrogens with one attached hydrogen (secondary N) is 1. The lowest BCUT2D eigenvalue weighted by atomic mass is 10.2. The second-order valence-electron chi connectivity index (χ2n) is 4.98. The molecule has 1 aromatic carbocycles. The zero-order valence-electron chi connectivity index (χ0n) is 12.8. The molecule has 0 aliphatic heterocycles. The van der Waals surface area contributed by atoms with Gasteiger partial charge >= 0.3 is 12.1 Å². The molecule has 1 amide bonds. The maximum atomic E-state index is 12.7. The van der Waals surface area contributed by atoms with E-state index in [2.05, 4.69) is 10.3 Å². The molecule has 0 aliphatic rings. The summed E-state index contributed by atoms with van der Waals surface area (Å²) in [7, 11) is 0. The average molecular weight is 373 g/mol. The average Bonchev–Trinajstić information content (AvgIpc) is 2.54. The number of aromatic nitrogens is 1. The van der Waals surface area contributed by atoms with Gasteiger partial charge in [-0.15, -0.1) is 0 Å². The van der Waals surface area contributed by atoms with E-state index in [0.717, 1.165) is 18.2 Å². The van der Waals surface area contributed by atoms with Crippen molar-refractivity contribution in [3.05, 3.63) is 58.9 Å². The Kier molecular flexibility index (Phi) is 5.63. The van der Waals surface area contributed by atoms with Crippen molar-refractivity contribution < 1.29 is 27.5 Å². The normalized spacial score (nSPS) is 12.4. The van der Waals surface area contributed by atoms with E-state index in [1.54, 1.807) is 0 Å². The van der Waals surface area contributed by atoms with Gasteiger partial charge in [0.15, 0.2) is 6.10 Å². The van der Waals surface area contributed by atoms with Crippen molar-refractivity contribution in [1.29, 1.82) is 0 Å². The number of hydrogen-bond acceptors (Lipinski definition) is 4. The minimum atomic E-state index is -4.53. The van der Waals surface area contributed by atoms with Crippen LogP contribution in [0.5, 0.6) is 0 Å². The number of anilines is 1. The molecule has 0 fully saturated rings. The van der Waals surface area contributed by atoms with Crippen LogP contribution in [-0.2, 0) is 15.7 Å². The number of pyridine rings is 1. The van der Waals surface area contributed by atoms with Crippen molar-refractivity contribution in [3.8, 4) is 0 Å². The molecule has 9 heteroatoms. The highest BCUT2D eigenvalue weighted by Gasteiger charge is 2.30. The third-order valence-electron chi connectivity index (χ3n) is 3.07. The van der Waals surface area contributed by atoms with Crippen molar-refractivity contribution in [2.24, 2.45) is 0 Å². The van der Waals surface area contributed by atoms with Gasteiger partial charge in [0.2, 0.25) is 0 Å². The molecule has 0 saturated heterocycles. The number of amides is 1. The third kappa shape index (κ3) is 5.18. The summed E-state index contributed by atoms with van der Waals surface area (Å²) in [5.41, 5.74) is -0.874. The van der Waals surface area contributed by atoms with E-state index < -0.39 is 29.7 Å². The molecular weight excluding hydrogens is 361 g/mol. The first-order valence-electron chi connectivity index (χ1n) is 6.97. The quantitative estimate of drug-likeness (QED) is 0.652. The Morgan fingerprint density at radius 3 is 2.56 bits per heavy atom. The maximum absolute atomic E-state index is 12.7. The van der Waals surface area contributed by atoms with Crippen LogP contribution in [0.4, 0.5) is 18.9 Å². The number of carbonyl (C=O) groups is 2. The van der Waals surface area contributed by atoms with Gasteiger partial charge in [-0.05, 0) is 37.3 Å². The summed E-state index contributed by atoms with van der Waals surface area (Å²) in [6.07, 6.45) is -4.57. The molecule has 0 spiro atoms. The van der Waals surface area contributed by atoms with Gasteiger partial charge in [0.1, 0.15) is 5.15 Å². The lowest BCUT2D eigenvalue weighted by molar-refractivity contribution is -0.137. The number of halogens is 4. The number of esters is 1. The Balaban J connectivity index is 2.01. The summed E-state index contributed by atoms with van der Waals surface area (Å²) in [5.74, 6) is -1.58. The Morgan fingerprint density at radius 1 is 1.24 bits per heavy atom. The van der Waals surface area contributed by atoms with E-state index in [1.165, 1.54) is 31.3 Å². The summed E-state index contributed by atoms with van der Waals surface area (Å²) in [4.78, 5) is 27.6. The lowest BCUT2D eigenvalue weighted by Crippen LogP contribution is -2.30. The summed E-state index contributed by atoms with van der Waals surface area (Å²) in [5, 5.41) is 2.45. The van der Waals surface area contributed by atoms with Crippen LogP contribution in [0.3, 0.4) is 0 Å². The summed E-state index contributed by atoms with van der Waals surface area (Å²) in [6, 6.07) is 6.88. The highest BCUT2D eigenvalue weighted by atomic mass is 35.5. The zero-order valence-corrected chi connectivity index (χ0v) is 13.6. The Bertz CT molecular complexity index is 779. The van der Waals surface area contributed by atoms with Crippen molar-refractivity contribution in [2.75, 3.05) is 5.32 Å². The largest absolute Gasteiger partial charge is 0.449 e. The SMILES string of the molecule is CC(OC(=O)c1ccc(Cl)nc1)C(=O)Nc1cccc(C(F)(F)F)c1. The molecule has 5 nitrogen and oxygen atoms in total. The molecule has 0 radical (unpaired) electrons. The Hall–Kier alpha value is -2.61. The molecule has 25 heavy (non-hydrogen) atoms. The topological polar surface area (TPSA) is 68.3 Å². The molecule has 0 aliphatic carbocycles. The molecule has 0 bridgehead atoms. The van der Waals surface area contributed by atoms with Crippen LogP contribution < -0.4 is 5.32 Å². The van der Waals surface area contributed by atoms with Gasteiger partial charge in [-0.2, -0.15) is 13.2 Å². The number of nitrogens with zero attached hydrogens (tertiary/aromatic N) is 1. The van der Waals surface area contributed by atoms with Gasteiger partial charge in [-0.1, -0.05) is 17.7 Å². The first kappa shape index (κ1) is 18.7. The van der Waals surface area contributed by atoms with Gasteiger partial charge in [-0.25, -0.2) is 9.78 Å². The highest BCUT2D eigenvalue weighted by Crippen LogP contribution is 2.30. The van der Waals surface area contributed by atoms with Crippen LogP contribution in [0, 0.1) is 0 Å². The van der Waals surface area contributed by atoms with Crippen LogP contribution in [0.2, 0.25) is 5.15 Å². The third-order valence-corrected chi connectivity index (χ3v) is 3.30. The van der Waals surface area contributed by atoms with Gasteiger partial charge in [0.05, 0.1) is 11.1 Å². The second-order valence-corrected chi connectivity index (χ2v) is 5.37. The number of alkyl halides is 3. The van der Waals surface area contributed by atoms with Crippen molar-refractivity contribution in [2.45, 2.75) is 19.2 Å². The second kappa shape index (κ2) is 7.52. The number of carbonyl (C=O) groups excluding carboxylic acids is 2. The number of ether oxygens (including phenoxy) is 1. The van der Waals surface area contributed by atoms with Crippen LogP contribution in [0.25, 0.3) is 0 Å². The Morgan fingerprint density at radius 2 is 1.96 bits per heavy atom. The van der Waals surface area contributed by atoms with E-state index in [4.69, 9.17) is 16.3 Å². The molecule has 132 valence electrons. The molecule has 1 N–H and O–H groups in total. The molecule has 2 rings (SSSR count). The zero-order chi connectivity index (χ0) is 18.6. The molecule has 0 saturated carbocycles. The molecule has 1 heterocycles. The number of hydrogen-bond donors (Lipinski definition) is 1. The number of benzene rings is 1. The lowest BCUT2D eigenvalue weighted by Gasteiger charge is -2.14. The summed E-state index contributed by atoms with van der Waals surface area (Å²) < 4.78 is 42.9. The minimum Gasteiger partial charge on any atom is -0.449 e. The maximum Gasteiger partial charge on any atom is 0.416 e. The fraction of sp³-hybridized carbons (Fsp3) is 0.188. The molecule has 1 unspecified atom stereocenters. The molecule has 1 aromatic heterocycles. The number of rotatable bonds is 4. The first-order chi connectivity index (χ1) is 11.7.